The van der Waals surface area contributed by atoms with Crippen LogP contribution in [-0.2, 0) is 11.4 Å². The number of nitriles is 2. The average Bonchev–Trinajstić information content (AvgIpc) is 2.47. The number of halogens is 1. The van der Waals surface area contributed by atoms with Crippen molar-refractivity contribution < 1.29 is 9.23 Å². The van der Waals surface area contributed by atoms with Gasteiger partial charge in [0.2, 0.25) is 0 Å². The largest absolute Gasteiger partial charge is 0.391 e. The Labute approximate surface area is 123 Å². The van der Waals surface area contributed by atoms with E-state index in [0.717, 1.165) is 0 Å². The highest BCUT2D eigenvalue weighted by atomic mass is 19.1. The molecule has 0 fully saturated rings. The van der Waals surface area contributed by atoms with Gasteiger partial charge >= 0.3 is 0 Å². The first-order valence-corrected chi connectivity index (χ1v) is 6.18. The van der Waals surface area contributed by atoms with Crippen LogP contribution >= 0.6 is 0 Å². The van der Waals surface area contributed by atoms with E-state index in [0.29, 0.717) is 11.3 Å². The second-order valence-corrected chi connectivity index (χ2v) is 4.30. The third kappa shape index (κ3) is 4.96. The van der Waals surface area contributed by atoms with Crippen molar-refractivity contribution in [2.75, 3.05) is 14.1 Å². The Morgan fingerprint density at radius 2 is 2.00 bits per heavy atom. The molecule has 1 rings (SSSR count). The smallest absolute Gasteiger partial charge is 0.149 e. The third-order valence-corrected chi connectivity index (χ3v) is 2.66. The van der Waals surface area contributed by atoms with Crippen molar-refractivity contribution in [1.82, 2.24) is 4.90 Å². The molecule has 0 amide bonds. The molecule has 5 nitrogen and oxygen atoms in total. The van der Waals surface area contributed by atoms with E-state index in [1.165, 1.54) is 12.3 Å². The van der Waals surface area contributed by atoms with Gasteiger partial charge in [0.25, 0.3) is 0 Å². The van der Waals surface area contributed by atoms with E-state index in [4.69, 9.17) is 15.4 Å². The Bertz CT molecular complexity index is 607. The Kier molecular flexibility index (Phi) is 6.43. The maximum atomic E-state index is 13.3. The Hall–Kier alpha value is -2.86. The van der Waals surface area contributed by atoms with E-state index in [1.54, 1.807) is 37.2 Å². The minimum atomic E-state index is -0.349. The molecule has 0 heterocycles. The van der Waals surface area contributed by atoms with Gasteiger partial charge in [-0.05, 0) is 6.07 Å². The monoisotopic (exact) mass is 286 g/mol. The highest BCUT2D eigenvalue weighted by molar-refractivity contribution is 5.62. The Morgan fingerprint density at radius 3 is 2.57 bits per heavy atom. The van der Waals surface area contributed by atoms with Crippen LogP contribution in [0.1, 0.15) is 12.0 Å². The summed E-state index contributed by atoms with van der Waals surface area (Å²) in [6.45, 7) is 0.0214. The summed E-state index contributed by atoms with van der Waals surface area (Å²) in [7, 11) is 3.47. The summed E-state index contributed by atoms with van der Waals surface area (Å²) in [4.78, 5) is 6.67. The van der Waals surface area contributed by atoms with Crippen LogP contribution in [-0.4, -0.2) is 25.2 Å². The number of rotatable bonds is 6. The van der Waals surface area contributed by atoms with E-state index in [1.807, 2.05) is 12.1 Å². The lowest BCUT2D eigenvalue weighted by Crippen LogP contribution is -2.13. The van der Waals surface area contributed by atoms with Crippen LogP contribution in [0, 0.1) is 28.5 Å². The molecule has 0 saturated carbocycles. The summed E-state index contributed by atoms with van der Waals surface area (Å²) in [5.74, 6) is -0.349. The number of nitrogens with zero attached hydrogens (tertiary/aromatic N) is 4. The lowest BCUT2D eigenvalue weighted by atomic mass is 10.2. The standard InChI is InChI=1S/C15H15FN4O/c1-20(2)15(13(9-17)10-18)7-8-19-21-11-12-5-3-4-6-14(12)16/h3-6,8H,7,11H2,1-2H3/b19-8-. The molecule has 0 aromatic heterocycles. The van der Waals surface area contributed by atoms with E-state index in [2.05, 4.69) is 5.16 Å². The van der Waals surface area contributed by atoms with E-state index >= 15 is 0 Å². The fraction of sp³-hybridized carbons (Fsp3) is 0.267. The topological polar surface area (TPSA) is 72.4 Å². The molecule has 0 aliphatic rings. The van der Waals surface area contributed by atoms with Gasteiger partial charge in [0, 0.05) is 38.0 Å². The normalized spacial score (nSPS) is 9.76. The van der Waals surface area contributed by atoms with Crippen LogP contribution in [0.15, 0.2) is 40.7 Å². The highest BCUT2D eigenvalue weighted by Crippen LogP contribution is 2.10. The van der Waals surface area contributed by atoms with E-state index < -0.39 is 0 Å². The number of allylic oxidation sites excluding steroid dienone is 2. The molecule has 0 bridgehead atoms. The van der Waals surface area contributed by atoms with Crippen LogP contribution in [0.3, 0.4) is 0 Å². The summed E-state index contributed by atoms with van der Waals surface area (Å²) in [5, 5.41) is 21.4. The predicted octanol–water partition coefficient (Wildman–Crippen LogP) is 2.58. The van der Waals surface area contributed by atoms with Crippen LogP contribution in [0.25, 0.3) is 0 Å². The van der Waals surface area contributed by atoms with Crippen molar-refractivity contribution in [3.63, 3.8) is 0 Å². The van der Waals surface area contributed by atoms with Gasteiger partial charge in [0.1, 0.15) is 30.1 Å². The molecule has 0 saturated heterocycles. The Balaban J connectivity index is 2.59. The van der Waals surface area contributed by atoms with Crippen molar-refractivity contribution in [1.29, 1.82) is 10.5 Å². The SMILES string of the molecule is CN(C)C(C/C=N\OCc1ccccc1F)=C(C#N)C#N. The van der Waals surface area contributed by atoms with Gasteiger partial charge in [-0.3, -0.25) is 0 Å². The summed E-state index contributed by atoms with van der Waals surface area (Å²) in [5.41, 5.74) is 0.978. The maximum absolute atomic E-state index is 13.3. The van der Waals surface area contributed by atoms with Crippen molar-refractivity contribution in [2.45, 2.75) is 13.0 Å². The molecule has 0 unspecified atom stereocenters. The fourth-order valence-corrected chi connectivity index (χ4v) is 1.56. The quantitative estimate of drug-likeness (QED) is 0.458. The lowest BCUT2D eigenvalue weighted by molar-refractivity contribution is 0.129. The third-order valence-electron chi connectivity index (χ3n) is 2.66. The first-order valence-electron chi connectivity index (χ1n) is 6.18. The molecule has 0 atom stereocenters. The van der Waals surface area contributed by atoms with Crippen molar-refractivity contribution in [3.05, 3.63) is 46.9 Å². The molecular weight excluding hydrogens is 271 g/mol. The second-order valence-electron chi connectivity index (χ2n) is 4.30. The Morgan fingerprint density at radius 1 is 1.33 bits per heavy atom. The highest BCUT2D eigenvalue weighted by Gasteiger charge is 2.07. The van der Waals surface area contributed by atoms with Gasteiger partial charge < -0.3 is 9.74 Å². The zero-order chi connectivity index (χ0) is 15.7. The number of hydrogen-bond donors (Lipinski definition) is 0. The molecule has 1 aromatic rings. The van der Waals surface area contributed by atoms with Crippen LogP contribution in [0.5, 0.6) is 0 Å². The minimum Gasteiger partial charge on any atom is -0.391 e. The molecule has 6 heteroatoms. The maximum Gasteiger partial charge on any atom is 0.149 e. The molecular formula is C15H15FN4O. The summed E-state index contributed by atoms with van der Waals surface area (Å²) >= 11 is 0. The van der Waals surface area contributed by atoms with Gasteiger partial charge in [-0.2, -0.15) is 10.5 Å². The van der Waals surface area contributed by atoms with Crippen LogP contribution < -0.4 is 0 Å². The number of benzene rings is 1. The molecule has 0 spiro atoms. The number of hydrogen-bond acceptors (Lipinski definition) is 5. The van der Waals surface area contributed by atoms with Gasteiger partial charge in [-0.1, -0.05) is 23.4 Å². The van der Waals surface area contributed by atoms with Crippen molar-refractivity contribution >= 4 is 6.21 Å². The average molecular weight is 286 g/mol. The van der Waals surface area contributed by atoms with Gasteiger partial charge in [0.15, 0.2) is 0 Å². The van der Waals surface area contributed by atoms with Crippen LogP contribution in [0.4, 0.5) is 4.39 Å². The van der Waals surface area contributed by atoms with Crippen LogP contribution in [0.2, 0.25) is 0 Å². The van der Waals surface area contributed by atoms with Gasteiger partial charge in [0.05, 0.1) is 0 Å². The zero-order valence-corrected chi connectivity index (χ0v) is 11.9. The number of oxime groups is 1. The van der Waals surface area contributed by atoms with E-state index in [9.17, 15) is 4.39 Å². The molecule has 21 heavy (non-hydrogen) atoms. The predicted molar refractivity (Wildman–Crippen MR) is 76.2 cm³/mol. The van der Waals surface area contributed by atoms with E-state index in [-0.39, 0.29) is 24.4 Å². The first-order chi connectivity index (χ1) is 10.1. The zero-order valence-electron chi connectivity index (χ0n) is 11.9. The van der Waals surface area contributed by atoms with Crippen molar-refractivity contribution in [3.8, 4) is 12.1 Å². The van der Waals surface area contributed by atoms with Gasteiger partial charge in [-0.15, -0.1) is 0 Å². The van der Waals surface area contributed by atoms with Gasteiger partial charge in [-0.25, -0.2) is 4.39 Å². The molecule has 108 valence electrons. The molecule has 0 radical (unpaired) electrons. The fourth-order valence-electron chi connectivity index (χ4n) is 1.56. The molecule has 1 aromatic carbocycles. The first kappa shape index (κ1) is 16.2. The summed E-state index contributed by atoms with van der Waals surface area (Å²) in [6.07, 6.45) is 1.71. The summed E-state index contributed by atoms with van der Waals surface area (Å²) < 4.78 is 13.3. The minimum absolute atomic E-state index is 0.0214. The second kappa shape index (κ2) is 8.34. The lowest BCUT2D eigenvalue weighted by Gasteiger charge is -2.14. The summed E-state index contributed by atoms with van der Waals surface area (Å²) in [6, 6.07) is 9.94. The van der Waals surface area contributed by atoms with Crippen molar-refractivity contribution in [2.24, 2.45) is 5.16 Å². The molecule has 0 N–H and O–H groups in total. The molecule has 0 aliphatic carbocycles. The molecule has 0 aliphatic heterocycles.